The SMILES string of the molecule is CC1(C)c2cc(N)ccc2-c2ccc(-c3ccc4c(c3)C(C)(C)c3cc(Br)ccc3-4)cc21. The van der Waals surface area contributed by atoms with Gasteiger partial charge in [-0.15, -0.1) is 0 Å². The lowest BCUT2D eigenvalue weighted by molar-refractivity contribution is 0.659. The fourth-order valence-corrected chi connectivity index (χ4v) is 6.19. The minimum atomic E-state index is -0.0609. The Labute approximate surface area is 198 Å². The first-order valence-electron chi connectivity index (χ1n) is 11.2. The second kappa shape index (κ2) is 6.36. The van der Waals surface area contributed by atoms with E-state index in [4.69, 9.17) is 5.73 Å². The van der Waals surface area contributed by atoms with Crippen LogP contribution in [0, 0.1) is 0 Å². The van der Waals surface area contributed by atoms with Crippen LogP contribution >= 0.6 is 15.9 Å². The van der Waals surface area contributed by atoms with Crippen molar-refractivity contribution in [1.29, 1.82) is 0 Å². The first-order valence-corrected chi connectivity index (χ1v) is 12.0. The molecular weight excluding hydrogens is 454 g/mol. The molecule has 0 atom stereocenters. The van der Waals surface area contributed by atoms with E-state index >= 15 is 0 Å². The monoisotopic (exact) mass is 479 g/mol. The molecule has 1 nitrogen and oxygen atoms in total. The van der Waals surface area contributed by atoms with Crippen LogP contribution in [0.1, 0.15) is 49.9 Å². The average Bonchev–Trinajstić information content (AvgIpc) is 3.12. The minimum Gasteiger partial charge on any atom is -0.399 e. The fourth-order valence-electron chi connectivity index (χ4n) is 5.82. The Morgan fingerprint density at radius 2 is 0.938 bits per heavy atom. The summed E-state index contributed by atoms with van der Waals surface area (Å²) in [5.41, 5.74) is 20.3. The van der Waals surface area contributed by atoms with Crippen molar-refractivity contribution in [3.63, 3.8) is 0 Å². The van der Waals surface area contributed by atoms with Crippen molar-refractivity contribution in [3.8, 4) is 33.4 Å². The highest BCUT2D eigenvalue weighted by atomic mass is 79.9. The molecule has 32 heavy (non-hydrogen) atoms. The van der Waals surface area contributed by atoms with Crippen molar-refractivity contribution in [2.75, 3.05) is 5.73 Å². The molecule has 2 heteroatoms. The smallest absolute Gasteiger partial charge is 0.0317 e. The van der Waals surface area contributed by atoms with E-state index in [9.17, 15) is 0 Å². The van der Waals surface area contributed by atoms with Gasteiger partial charge in [-0.1, -0.05) is 80.0 Å². The number of hydrogen-bond donors (Lipinski definition) is 1. The van der Waals surface area contributed by atoms with Gasteiger partial charge in [-0.2, -0.15) is 0 Å². The number of anilines is 1. The Morgan fingerprint density at radius 1 is 0.531 bits per heavy atom. The Bertz CT molecular complexity index is 1330. The molecule has 0 saturated carbocycles. The summed E-state index contributed by atoms with van der Waals surface area (Å²) in [7, 11) is 0. The highest BCUT2D eigenvalue weighted by Gasteiger charge is 2.37. The quantitative estimate of drug-likeness (QED) is 0.273. The second-order valence-electron chi connectivity index (χ2n) is 10.3. The van der Waals surface area contributed by atoms with Crippen LogP contribution in [-0.2, 0) is 10.8 Å². The predicted molar refractivity (Wildman–Crippen MR) is 139 cm³/mol. The zero-order chi connectivity index (χ0) is 22.4. The summed E-state index contributed by atoms with van der Waals surface area (Å²) >= 11 is 3.66. The topological polar surface area (TPSA) is 26.0 Å². The standard InChI is InChI=1S/C30H26BrN/c1-29(2)25-13-17(5-9-21(25)23-11-7-19(31)15-27(23)29)18-6-10-22-24-12-8-20(32)16-28(24)30(3,4)26(22)14-18/h5-16H,32H2,1-4H3. The lowest BCUT2D eigenvalue weighted by Gasteiger charge is -2.23. The molecule has 2 aliphatic rings. The van der Waals surface area contributed by atoms with Gasteiger partial charge in [0.05, 0.1) is 0 Å². The zero-order valence-corrected chi connectivity index (χ0v) is 20.5. The number of rotatable bonds is 1. The van der Waals surface area contributed by atoms with Gasteiger partial charge in [-0.25, -0.2) is 0 Å². The summed E-state index contributed by atoms with van der Waals surface area (Å²) in [5.74, 6) is 0. The van der Waals surface area contributed by atoms with Gasteiger partial charge in [0.1, 0.15) is 0 Å². The number of hydrogen-bond acceptors (Lipinski definition) is 1. The van der Waals surface area contributed by atoms with Gasteiger partial charge in [0.25, 0.3) is 0 Å². The normalized spacial score (nSPS) is 16.3. The van der Waals surface area contributed by atoms with E-state index in [0.717, 1.165) is 10.2 Å². The average molecular weight is 480 g/mol. The van der Waals surface area contributed by atoms with Crippen molar-refractivity contribution in [2.24, 2.45) is 0 Å². The molecule has 2 aliphatic carbocycles. The van der Waals surface area contributed by atoms with Crippen molar-refractivity contribution in [1.82, 2.24) is 0 Å². The molecule has 4 aromatic carbocycles. The van der Waals surface area contributed by atoms with Crippen LogP contribution in [0.4, 0.5) is 5.69 Å². The van der Waals surface area contributed by atoms with Crippen LogP contribution in [0.2, 0.25) is 0 Å². The molecule has 0 unspecified atom stereocenters. The minimum absolute atomic E-state index is 0.0196. The molecule has 0 spiro atoms. The van der Waals surface area contributed by atoms with Crippen molar-refractivity contribution in [3.05, 3.63) is 99.5 Å². The van der Waals surface area contributed by atoms with Gasteiger partial charge in [0.15, 0.2) is 0 Å². The highest BCUT2D eigenvalue weighted by Crippen LogP contribution is 2.52. The lowest BCUT2D eigenvalue weighted by atomic mass is 9.80. The number of halogens is 1. The maximum atomic E-state index is 6.13. The van der Waals surface area contributed by atoms with Gasteiger partial charge < -0.3 is 5.73 Å². The Kier molecular flexibility index (Phi) is 3.94. The molecule has 0 bridgehead atoms. The van der Waals surface area contributed by atoms with Gasteiger partial charge in [0, 0.05) is 21.0 Å². The van der Waals surface area contributed by atoms with Crippen LogP contribution in [0.5, 0.6) is 0 Å². The molecule has 0 aromatic heterocycles. The second-order valence-corrected chi connectivity index (χ2v) is 11.2. The number of fused-ring (bicyclic) bond motifs is 6. The molecule has 2 N–H and O–H groups in total. The Hall–Kier alpha value is -2.84. The van der Waals surface area contributed by atoms with E-state index in [1.54, 1.807) is 0 Å². The van der Waals surface area contributed by atoms with Crippen LogP contribution in [-0.4, -0.2) is 0 Å². The third-order valence-electron chi connectivity index (χ3n) is 7.67. The summed E-state index contributed by atoms with van der Waals surface area (Å²) in [5, 5.41) is 0. The maximum Gasteiger partial charge on any atom is 0.0317 e. The maximum absolute atomic E-state index is 6.13. The summed E-state index contributed by atoms with van der Waals surface area (Å²) in [6.45, 7) is 9.28. The van der Waals surface area contributed by atoms with Gasteiger partial charge in [0.2, 0.25) is 0 Å². The molecule has 6 rings (SSSR count). The lowest BCUT2D eigenvalue weighted by Crippen LogP contribution is -2.15. The van der Waals surface area contributed by atoms with Crippen LogP contribution < -0.4 is 5.73 Å². The molecule has 0 radical (unpaired) electrons. The first-order chi connectivity index (χ1) is 15.2. The van der Waals surface area contributed by atoms with Gasteiger partial charge in [-0.3, -0.25) is 0 Å². The largest absolute Gasteiger partial charge is 0.399 e. The van der Waals surface area contributed by atoms with E-state index in [-0.39, 0.29) is 10.8 Å². The van der Waals surface area contributed by atoms with Crippen LogP contribution in [0.3, 0.4) is 0 Å². The third-order valence-corrected chi connectivity index (χ3v) is 8.16. The summed E-state index contributed by atoms with van der Waals surface area (Å²) in [6.07, 6.45) is 0. The summed E-state index contributed by atoms with van der Waals surface area (Å²) in [4.78, 5) is 0. The van der Waals surface area contributed by atoms with Gasteiger partial charge in [-0.05, 0) is 92.0 Å². The number of nitrogens with two attached hydrogens (primary N) is 1. The Morgan fingerprint density at radius 3 is 1.47 bits per heavy atom. The van der Waals surface area contributed by atoms with Crippen molar-refractivity contribution >= 4 is 21.6 Å². The zero-order valence-electron chi connectivity index (χ0n) is 18.9. The molecule has 0 aliphatic heterocycles. The van der Waals surface area contributed by atoms with Gasteiger partial charge >= 0.3 is 0 Å². The molecule has 0 heterocycles. The van der Waals surface area contributed by atoms with Crippen molar-refractivity contribution < 1.29 is 0 Å². The molecule has 4 aromatic rings. The highest BCUT2D eigenvalue weighted by molar-refractivity contribution is 9.10. The van der Waals surface area contributed by atoms with E-state index in [1.165, 1.54) is 55.6 Å². The number of benzene rings is 4. The van der Waals surface area contributed by atoms with E-state index in [2.05, 4.69) is 110 Å². The Balaban J connectivity index is 1.49. The third kappa shape index (κ3) is 2.56. The van der Waals surface area contributed by atoms with Crippen molar-refractivity contribution in [2.45, 2.75) is 38.5 Å². The summed E-state index contributed by atoms with van der Waals surface area (Å²) < 4.78 is 1.14. The van der Waals surface area contributed by atoms with E-state index in [0.29, 0.717) is 0 Å². The first kappa shape index (κ1) is 19.8. The fraction of sp³-hybridized carbons (Fsp3) is 0.200. The molecular formula is C30H26BrN. The summed E-state index contributed by atoms with van der Waals surface area (Å²) in [6, 6.07) is 26.9. The number of nitrogen functional groups attached to an aromatic ring is 1. The molecule has 0 amide bonds. The van der Waals surface area contributed by atoms with E-state index in [1.807, 2.05) is 6.07 Å². The van der Waals surface area contributed by atoms with E-state index < -0.39 is 0 Å². The molecule has 158 valence electrons. The molecule has 0 fully saturated rings. The van der Waals surface area contributed by atoms with Crippen LogP contribution in [0.15, 0.2) is 77.3 Å². The van der Waals surface area contributed by atoms with Crippen LogP contribution in [0.25, 0.3) is 33.4 Å². The molecule has 0 saturated heterocycles. The predicted octanol–water partition coefficient (Wildman–Crippen LogP) is 8.31.